The van der Waals surface area contributed by atoms with E-state index in [0.717, 1.165) is 179 Å². The standard InChI is InChI=1S/2C32H35N4O.2C11H8N.2CH4O.CHO.2CH3.BrH.3F6P.2Ir.2Re/c2*1-6-35(7-2)24-10-12-26-30(20-24)37-31-21-25(36(8-3)9-4)11-13-27(31)32(26)23-15-17-34-29(19-23)28-18-22(5)14-16-33-28;2*1-2-6-10(7-3-1)11-8-4-5-9-12-11;3*1-2;;;;3*1-7(2,3,4,5)6;;;;/h2*10-21H,6-9H2,1-5H3;2*1-6,8-9H;2*2H,1H3;1H;2*1H3;1H;;;;;;;/q2*+1;2*-1;;;3*-1;;3*-1;;;;+1/p-1. The Kier molecular flexibility index (Phi) is 50.5. The molecule has 6 aromatic heterocycles. The van der Waals surface area contributed by atoms with Crippen LogP contribution in [-0.4, -0.2) is 113 Å². The number of fused-ring (bicyclic) bond motifs is 4. The third-order valence-electron chi connectivity index (χ3n) is 17.6. The van der Waals surface area contributed by atoms with Gasteiger partial charge in [-0.25, -0.2) is 9.15 Å². The Hall–Kier alpha value is -8.52. The Morgan fingerprint density at radius 3 is 0.909 bits per heavy atom. The van der Waals surface area contributed by atoms with E-state index in [1.54, 1.807) is 12.4 Å². The van der Waals surface area contributed by atoms with Crippen LogP contribution >= 0.6 is 36.9 Å². The molecule has 132 heavy (non-hydrogen) atoms. The van der Waals surface area contributed by atoms with Crippen molar-refractivity contribution < 1.29 is 177 Å². The van der Waals surface area contributed by atoms with Gasteiger partial charge in [0.2, 0.25) is 10.7 Å². The molecule has 0 amide bonds. The number of anilines is 2. The van der Waals surface area contributed by atoms with E-state index in [0.29, 0.717) is 0 Å². The molecule has 2 aliphatic heterocycles. The van der Waals surface area contributed by atoms with Gasteiger partial charge in [-0.2, -0.15) is 0 Å². The van der Waals surface area contributed by atoms with Gasteiger partial charge in [-0.1, -0.05) is 24.3 Å². The van der Waals surface area contributed by atoms with Crippen LogP contribution in [0.2, 0.25) is 0 Å². The van der Waals surface area contributed by atoms with Crippen LogP contribution < -0.4 is 29.7 Å². The van der Waals surface area contributed by atoms with Crippen molar-refractivity contribution in [2.45, 2.75) is 69.2 Å². The number of halogens is 19. The predicted molar refractivity (Wildman–Crippen MR) is 490 cm³/mol. The molecule has 0 bridgehead atoms. The van der Waals surface area contributed by atoms with E-state index in [4.69, 9.17) is 23.8 Å². The summed E-state index contributed by atoms with van der Waals surface area (Å²) in [4.78, 5) is 39.3. The van der Waals surface area contributed by atoms with Crippen LogP contribution in [0.4, 0.5) is 86.9 Å². The van der Waals surface area contributed by atoms with Crippen molar-refractivity contribution in [1.82, 2.24) is 39.1 Å². The zero-order chi connectivity index (χ0) is 95.6. The molecule has 0 fully saturated rings. The summed E-state index contributed by atoms with van der Waals surface area (Å²) in [6.07, 6.45) is 11.0. The first-order valence-corrected chi connectivity index (χ1v) is 50.6. The van der Waals surface area contributed by atoms with E-state index >= 15 is 0 Å². The van der Waals surface area contributed by atoms with E-state index in [2.05, 4.69) is 260 Å². The average molecular weight is 2690 g/mol. The number of pyridine rings is 6. The third kappa shape index (κ3) is 46.1. The Morgan fingerprint density at radius 1 is 0.371 bits per heavy atom. The van der Waals surface area contributed by atoms with Gasteiger partial charge >= 0.3 is 130 Å². The molecule has 2 aliphatic carbocycles. The summed E-state index contributed by atoms with van der Waals surface area (Å²) in [6, 6.07) is 76.6. The molecule has 0 unspecified atom stereocenters. The molecule has 4 aromatic carbocycles. The first-order chi connectivity index (χ1) is 59.4. The number of aryl methyl sites for hydroxylation is 2. The Labute approximate surface area is 814 Å². The van der Waals surface area contributed by atoms with Gasteiger partial charge in [-0.3, -0.25) is 26.7 Å². The summed E-state index contributed by atoms with van der Waals surface area (Å²) in [5.41, 5.74) is 20.7. The Balaban J connectivity index is 0. The number of rotatable bonds is 16. The molecular weight excluding hydrogens is 2580 g/mol. The molecule has 10 aromatic rings. The maximum Gasteiger partial charge on any atom is 0.0160 e. The molecule has 0 saturated heterocycles. The van der Waals surface area contributed by atoms with Gasteiger partial charge in [0.05, 0.1) is 34.9 Å². The second kappa shape index (κ2) is 53.1. The fraction of sp³-hybridized carbons (Fsp3) is 0.220. The minimum atomic E-state index is -10.7. The van der Waals surface area contributed by atoms with E-state index in [1.165, 1.54) is 50.4 Å². The fourth-order valence-corrected chi connectivity index (χ4v) is 12.5. The number of carbonyl (C=O) groups excluding carboxylic acids is 1. The SMILES string of the molecule is CCN(CC)c1ccc2c(-c3ccnc(-c4cc(C)ccn4)c3)c3ccc(=[N+](CC)CC)cc-3oc2c1.CCN(CC)c1ccc2c(-c3ccnc(-c4cc(C)ccn4)c3)c3ccc(=[N+](CC)CC)cc-3oc2c1.CO.CO.F[P-](F)(F)(F)(F)F.F[P-](F)(F)(F)(F)F.F[P-](F)(F)(F)(F)F.[Br][Re].[CH-]=O.[CH3-].[CH3-].[Ir].[Ir].[Re].[c-]1ccccc1-c1ccccn1.[c-]1ccccc1-c1ccccn1. The van der Waals surface area contributed by atoms with Crippen LogP contribution in [0.5, 0.6) is 0 Å². The quantitative estimate of drug-likeness (QED) is 0.0234. The second-order valence-corrected chi connectivity index (χ2v) is 32.3. The second-order valence-electron chi connectivity index (χ2n) is 26.5. The summed E-state index contributed by atoms with van der Waals surface area (Å²) >= 11 is 4.53. The van der Waals surface area contributed by atoms with E-state index in [-0.39, 0.29) is 75.5 Å². The zero-order valence-corrected chi connectivity index (χ0v) is 88.4. The number of aliphatic hydroxyl groups excluding tert-OH is 2. The van der Waals surface area contributed by atoms with E-state index in [1.807, 2.05) is 122 Å². The number of nitrogens with zero attached hydrogens (tertiary/aromatic N) is 10. The van der Waals surface area contributed by atoms with Crippen LogP contribution in [0, 0.1) is 40.8 Å². The van der Waals surface area contributed by atoms with Gasteiger partial charge in [-0.15, -0.1) is 71.8 Å². The van der Waals surface area contributed by atoms with Crippen LogP contribution in [0.1, 0.15) is 66.5 Å². The summed E-state index contributed by atoms with van der Waals surface area (Å²) in [5, 5.41) is 18.5. The first-order valence-electron chi connectivity index (χ1n) is 38.6. The minimum absolute atomic E-state index is 0. The molecular formula is C91H101BrF18Ir2N10O5P3Re2-6. The predicted octanol–water partition coefficient (Wildman–Crippen LogP) is 29.2. The van der Waals surface area contributed by atoms with Crippen molar-refractivity contribution >= 4 is 77.0 Å². The number of aliphatic hydroxyl groups is 2. The average Bonchev–Trinajstić information content (AvgIpc) is 0.748. The molecule has 8 heterocycles. The summed E-state index contributed by atoms with van der Waals surface area (Å²) in [5.74, 6) is 1.77. The molecule has 41 heteroatoms. The maximum absolute atomic E-state index is 10.7. The number of hydrogen-bond donors (Lipinski definition) is 2. The monoisotopic (exact) mass is 2690 g/mol. The maximum atomic E-state index is 9.87. The van der Waals surface area contributed by atoms with Gasteiger partial charge in [0, 0.05) is 207 Å². The molecule has 0 spiro atoms. The van der Waals surface area contributed by atoms with E-state index in [9.17, 15) is 75.5 Å². The van der Waals surface area contributed by atoms with Gasteiger partial charge in [0.1, 0.15) is 48.9 Å². The van der Waals surface area contributed by atoms with Crippen LogP contribution in [0.15, 0.2) is 252 Å². The molecule has 4 aliphatic rings. The molecule has 3 radical (unpaired) electrons. The Bertz CT molecular complexity index is 5410. The molecule has 2 N–H and O–H groups in total. The van der Waals surface area contributed by atoms with Gasteiger partial charge < -0.3 is 58.5 Å². The summed E-state index contributed by atoms with van der Waals surface area (Å²) in [7, 11) is -30.0. The summed E-state index contributed by atoms with van der Waals surface area (Å²) < 4.78 is 196. The normalized spacial score (nSPS) is 11.9. The smallest absolute Gasteiger partial charge is 0.0160 e. The van der Waals surface area contributed by atoms with Crippen molar-refractivity contribution in [1.29, 1.82) is 0 Å². The van der Waals surface area contributed by atoms with Crippen molar-refractivity contribution in [2.24, 2.45) is 0 Å². The molecule has 15 nitrogen and oxygen atoms in total. The number of aromatic nitrogens is 6. The molecule has 0 saturated carbocycles. The number of hydrogen-bond acceptors (Lipinski definition) is 13. The van der Waals surface area contributed by atoms with Crippen molar-refractivity contribution in [3.05, 3.63) is 292 Å². The van der Waals surface area contributed by atoms with Gasteiger partial charge in [0.15, 0.2) is 0 Å². The van der Waals surface area contributed by atoms with Crippen molar-refractivity contribution in [3.63, 3.8) is 0 Å². The van der Waals surface area contributed by atoms with Crippen LogP contribution in [-0.2, 0) is 82.6 Å². The number of benzene rings is 6. The van der Waals surface area contributed by atoms with Crippen LogP contribution in [0.25, 0.3) is 112 Å². The molecule has 14 rings (SSSR count). The van der Waals surface area contributed by atoms with Crippen molar-refractivity contribution in [3.8, 4) is 90.2 Å². The van der Waals surface area contributed by atoms with Gasteiger partial charge in [0.25, 0.3) is 0 Å². The summed E-state index contributed by atoms with van der Waals surface area (Å²) in [6.45, 7) is 32.5. The van der Waals surface area contributed by atoms with Gasteiger partial charge in [-0.05, 0) is 200 Å². The van der Waals surface area contributed by atoms with E-state index < -0.39 is 23.4 Å². The zero-order valence-electron chi connectivity index (χ0n) is 73.9. The minimum Gasteiger partial charge on any atom is -0.545 e. The Morgan fingerprint density at radius 2 is 0.652 bits per heavy atom. The topological polar surface area (TPSA) is 174 Å². The van der Waals surface area contributed by atoms with Crippen molar-refractivity contribution in [2.75, 3.05) is 76.4 Å². The third-order valence-corrected chi connectivity index (χ3v) is 17.6. The first kappa shape index (κ1) is 126. The van der Waals surface area contributed by atoms with Crippen LogP contribution in [0.3, 0.4) is 0 Å². The molecule has 731 valence electrons. The molecule has 0 atom stereocenters. The fourth-order valence-electron chi connectivity index (χ4n) is 12.5. The largest absolute Gasteiger partial charge is 0.545 e.